The monoisotopic (exact) mass is 194 g/mol. The van der Waals surface area contributed by atoms with Crippen LogP contribution in [0, 0.1) is 0 Å². The second kappa shape index (κ2) is 5.18. The van der Waals surface area contributed by atoms with Crippen LogP contribution in [0.15, 0.2) is 6.20 Å². The fourth-order valence-electron chi connectivity index (χ4n) is 1.71. The lowest BCUT2D eigenvalue weighted by atomic mass is 10.2. The van der Waals surface area contributed by atoms with Crippen LogP contribution in [0.1, 0.15) is 58.0 Å². The Bertz CT molecular complexity index is 250. The summed E-state index contributed by atoms with van der Waals surface area (Å²) in [5.74, 6) is 1.87. The van der Waals surface area contributed by atoms with Gasteiger partial charge in [-0.15, -0.1) is 0 Å². The molecule has 1 aromatic rings. The first-order chi connectivity index (χ1) is 6.77. The molecule has 0 spiro atoms. The Labute approximate surface area is 87.4 Å². The molecular formula is C12H22N2. The van der Waals surface area contributed by atoms with Crippen molar-refractivity contribution in [3.8, 4) is 0 Å². The van der Waals surface area contributed by atoms with Crippen molar-refractivity contribution in [2.75, 3.05) is 0 Å². The number of rotatable bonds is 1. The average molecular weight is 194 g/mol. The van der Waals surface area contributed by atoms with Gasteiger partial charge in [-0.3, -0.25) is 0 Å². The van der Waals surface area contributed by atoms with Crippen molar-refractivity contribution in [3.63, 3.8) is 0 Å². The van der Waals surface area contributed by atoms with Crippen LogP contribution < -0.4 is 0 Å². The number of aryl methyl sites for hydroxylation is 2. The van der Waals surface area contributed by atoms with Crippen molar-refractivity contribution >= 4 is 0 Å². The van der Waals surface area contributed by atoms with E-state index in [4.69, 9.17) is 0 Å². The first-order valence-electron chi connectivity index (χ1n) is 5.83. The zero-order valence-electron chi connectivity index (χ0n) is 9.88. The summed E-state index contributed by atoms with van der Waals surface area (Å²) in [7, 11) is 0. The summed E-state index contributed by atoms with van der Waals surface area (Å²) in [6.07, 6.45) is 6.03. The Hall–Kier alpha value is -0.790. The quantitative estimate of drug-likeness (QED) is 0.670. The minimum Gasteiger partial charge on any atom is -0.335 e. The van der Waals surface area contributed by atoms with Crippen LogP contribution in [-0.4, -0.2) is 9.55 Å². The molecule has 2 heterocycles. The maximum absolute atomic E-state index is 4.61. The van der Waals surface area contributed by atoms with E-state index >= 15 is 0 Å². The van der Waals surface area contributed by atoms with Gasteiger partial charge in [0.05, 0.1) is 5.69 Å². The van der Waals surface area contributed by atoms with Gasteiger partial charge in [0.15, 0.2) is 0 Å². The predicted molar refractivity (Wildman–Crippen MR) is 60.6 cm³/mol. The van der Waals surface area contributed by atoms with Crippen molar-refractivity contribution in [2.24, 2.45) is 0 Å². The van der Waals surface area contributed by atoms with Gasteiger partial charge in [0.1, 0.15) is 5.82 Å². The Kier molecular flexibility index (Phi) is 4.18. The Balaban J connectivity index is 0.000000461. The number of imidazole rings is 1. The summed E-state index contributed by atoms with van der Waals surface area (Å²) < 4.78 is 2.32. The number of aromatic nitrogens is 2. The molecule has 0 radical (unpaired) electrons. The van der Waals surface area contributed by atoms with Crippen molar-refractivity contribution in [1.82, 2.24) is 9.55 Å². The molecule has 0 aliphatic carbocycles. The molecule has 0 amide bonds. The SMILES string of the molecule is CC.CC(C)c1cn2c(n1)CCCC2. The highest BCUT2D eigenvalue weighted by Crippen LogP contribution is 2.18. The third-order valence-corrected chi connectivity index (χ3v) is 2.52. The van der Waals surface area contributed by atoms with E-state index in [1.807, 2.05) is 13.8 Å². The van der Waals surface area contributed by atoms with E-state index in [1.54, 1.807) is 0 Å². The molecule has 2 heteroatoms. The van der Waals surface area contributed by atoms with Crippen LogP contribution >= 0.6 is 0 Å². The maximum Gasteiger partial charge on any atom is 0.108 e. The van der Waals surface area contributed by atoms with Gasteiger partial charge in [0, 0.05) is 19.2 Å². The topological polar surface area (TPSA) is 17.8 Å². The zero-order chi connectivity index (χ0) is 10.6. The van der Waals surface area contributed by atoms with Crippen LogP contribution in [0.25, 0.3) is 0 Å². The average Bonchev–Trinajstić information content (AvgIpc) is 2.64. The highest BCUT2D eigenvalue weighted by atomic mass is 15.1. The first kappa shape index (κ1) is 11.3. The lowest BCUT2D eigenvalue weighted by Gasteiger charge is -2.11. The van der Waals surface area contributed by atoms with Crippen LogP contribution in [0.3, 0.4) is 0 Å². The highest BCUT2D eigenvalue weighted by Gasteiger charge is 2.13. The van der Waals surface area contributed by atoms with Gasteiger partial charge in [-0.25, -0.2) is 4.98 Å². The highest BCUT2D eigenvalue weighted by molar-refractivity contribution is 5.09. The van der Waals surface area contributed by atoms with E-state index in [-0.39, 0.29) is 0 Å². The molecule has 1 aromatic heterocycles. The molecule has 2 nitrogen and oxygen atoms in total. The molecule has 0 bridgehead atoms. The Morgan fingerprint density at radius 3 is 2.57 bits per heavy atom. The van der Waals surface area contributed by atoms with Gasteiger partial charge >= 0.3 is 0 Å². The van der Waals surface area contributed by atoms with Crippen LogP contribution in [-0.2, 0) is 13.0 Å². The molecule has 1 aliphatic heterocycles. The molecule has 0 saturated heterocycles. The predicted octanol–water partition coefficient (Wildman–Crippen LogP) is 3.37. The van der Waals surface area contributed by atoms with E-state index in [0.717, 1.165) is 0 Å². The fourth-order valence-corrected chi connectivity index (χ4v) is 1.71. The molecular weight excluding hydrogens is 172 g/mol. The van der Waals surface area contributed by atoms with Gasteiger partial charge in [-0.2, -0.15) is 0 Å². The molecule has 0 saturated carbocycles. The van der Waals surface area contributed by atoms with Crippen molar-refractivity contribution in [2.45, 2.75) is 59.4 Å². The maximum atomic E-state index is 4.61. The second-order valence-electron chi connectivity index (χ2n) is 3.89. The Morgan fingerprint density at radius 1 is 1.29 bits per heavy atom. The molecule has 14 heavy (non-hydrogen) atoms. The van der Waals surface area contributed by atoms with Gasteiger partial charge in [0.2, 0.25) is 0 Å². The number of fused-ring (bicyclic) bond motifs is 1. The summed E-state index contributed by atoms with van der Waals surface area (Å²) in [5.41, 5.74) is 1.26. The lowest BCUT2D eigenvalue weighted by Crippen LogP contribution is -2.08. The summed E-state index contributed by atoms with van der Waals surface area (Å²) in [5, 5.41) is 0. The van der Waals surface area contributed by atoms with E-state index in [0.29, 0.717) is 5.92 Å². The van der Waals surface area contributed by atoms with Gasteiger partial charge in [-0.1, -0.05) is 27.7 Å². The largest absolute Gasteiger partial charge is 0.335 e. The van der Waals surface area contributed by atoms with Crippen molar-refractivity contribution in [3.05, 3.63) is 17.7 Å². The smallest absolute Gasteiger partial charge is 0.108 e. The zero-order valence-corrected chi connectivity index (χ0v) is 9.88. The van der Waals surface area contributed by atoms with E-state index in [9.17, 15) is 0 Å². The third kappa shape index (κ3) is 2.37. The molecule has 0 atom stereocenters. The van der Waals surface area contributed by atoms with Crippen molar-refractivity contribution in [1.29, 1.82) is 0 Å². The van der Waals surface area contributed by atoms with E-state index in [1.165, 1.54) is 37.3 Å². The summed E-state index contributed by atoms with van der Waals surface area (Å²) in [6, 6.07) is 0. The number of nitrogens with zero attached hydrogens (tertiary/aromatic N) is 2. The van der Waals surface area contributed by atoms with Gasteiger partial charge < -0.3 is 4.57 Å². The van der Waals surface area contributed by atoms with Gasteiger partial charge in [-0.05, 0) is 18.8 Å². The Morgan fingerprint density at radius 2 is 2.00 bits per heavy atom. The van der Waals surface area contributed by atoms with E-state index < -0.39 is 0 Å². The summed E-state index contributed by atoms with van der Waals surface area (Å²) >= 11 is 0. The normalized spacial score (nSPS) is 14.6. The van der Waals surface area contributed by atoms with Crippen LogP contribution in [0.2, 0.25) is 0 Å². The summed E-state index contributed by atoms with van der Waals surface area (Å²) in [4.78, 5) is 4.61. The first-order valence-corrected chi connectivity index (χ1v) is 5.83. The molecule has 80 valence electrons. The minimum atomic E-state index is 0.572. The van der Waals surface area contributed by atoms with Gasteiger partial charge in [0.25, 0.3) is 0 Å². The van der Waals surface area contributed by atoms with Crippen LogP contribution in [0.4, 0.5) is 0 Å². The molecule has 0 unspecified atom stereocenters. The molecule has 0 aromatic carbocycles. The van der Waals surface area contributed by atoms with Crippen LogP contribution in [0.5, 0.6) is 0 Å². The summed E-state index contributed by atoms with van der Waals surface area (Å²) in [6.45, 7) is 9.58. The molecule has 0 fully saturated rings. The number of hydrogen-bond donors (Lipinski definition) is 0. The number of hydrogen-bond acceptors (Lipinski definition) is 1. The fraction of sp³-hybridized carbons (Fsp3) is 0.750. The third-order valence-electron chi connectivity index (χ3n) is 2.52. The lowest BCUT2D eigenvalue weighted by molar-refractivity contribution is 0.522. The van der Waals surface area contributed by atoms with Crippen molar-refractivity contribution < 1.29 is 0 Å². The molecule has 0 N–H and O–H groups in total. The molecule has 1 aliphatic rings. The second-order valence-corrected chi connectivity index (χ2v) is 3.89. The standard InChI is InChI=1S/C10H16N2.C2H6/c1-8(2)9-7-12-6-4-3-5-10(12)11-9;1-2/h7-8H,3-6H2,1-2H3;1-2H3. The van der Waals surface area contributed by atoms with E-state index in [2.05, 4.69) is 29.6 Å². The minimum absolute atomic E-state index is 0.572. The molecule has 2 rings (SSSR count).